The number of benzene rings is 1. The molecule has 0 spiro atoms. The Morgan fingerprint density at radius 2 is 2.17 bits per heavy atom. The largest absolute Gasteiger partial charge is 0.397 e. The highest BCUT2D eigenvalue weighted by Crippen LogP contribution is 2.33. The van der Waals surface area contributed by atoms with E-state index in [4.69, 9.17) is 38.2 Å². The fraction of sp³-hybridized carbons (Fsp3) is 0.273. The molecule has 0 aliphatic carbocycles. The van der Waals surface area contributed by atoms with Crippen molar-refractivity contribution in [3.63, 3.8) is 0 Å². The molecule has 1 aromatic heterocycles. The molecule has 0 unspecified atom stereocenters. The second-order valence-electron chi connectivity index (χ2n) is 3.61. The van der Waals surface area contributed by atoms with Crippen LogP contribution in [-0.4, -0.2) is 23.9 Å². The Kier molecular flexibility index (Phi) is 4.06. The molecule has 7 heteroatoms. The van der Waals surface area contributed by atoms with Crippen LogP contribution in [0.25, 0.3) is 11.5 Å². The third-order valence-electron chi connectivity index (χ3n) is 2.32. The predicted molar refractivity (Wildman–Crippen MR) is 69.7 cm³/mol. The van der Waals surface area contributed by atoms with Crippen molar-refractivity contribution < 1.29 is 9.26 Å². The van der Waals surface area contributed by atoms with Crippen LogP contribution >= 0.6 is 23.2 Å². The fourth-order valence-corrected chi connectivity index (χ4v) is 1.91. The molecule has 0 bridgehead atoms. The van der Waals surface area contributed by atoms with Crippen LogP contribution in [0.5, 0.6) is 0 Å². The van der Waals surface area contributed by atoms with Gasteiger partial charge in [0.05, 0.1) is 22.9 Å². The van der Waals surface area contributed by atoms with Crippen LogP contribution < -0.4 is 5.73 Å². The van der Waals surface area contributed by atoms with Crippen LogP contribution in [-0.2, 0) is 11.2 Å². The van der Waals surface area contributed by atoms with E-state index in [0.717, 1.165) is 0 Å². The summed E-state index contributed by atoms with van der Waals surface area (Å²) in [7, 11) is 1.61. The van der Waals surface area contributed by atoms with Crippen LogP contribution in [0.2, 0.25) is 10.0 Å². The van der Waals surface area contributed by atoms with Crippen molar-refractivity contribution in [2.24, 2.45) is 0 Å². The maximum atomic E-state index is 5.94. The number of aromatic nitrogens is 2. The molecule has 0 atom stereocenters. The molecule has 1 aromatic carbocycles. The molecule has 1 heterocycles. The summed E-state index contributed by atoms with van der Waals surface area (Å²) in [5.41, 5.74) is 6.74. The van der Waals surface area contributed by atoms with Crippen molar-refractivity contribution in [3.8, 4) is 11.5 Å². The number of nitrogen functional groups attached to an aromatic ring is 1. The van der Waals surface area contributed by atoms with E-state index < -0.39 is 0 Å². The standard InChI is InChI=1S/C11H11Cl2N3O2/c1-17-3-2-9-15-11(18-16-9)7-4-6(12)5-8(13)10(7)14/h4-5H,2-3,14H2,1H3. The second kappa shape index (κ2) is 5.56. The van der Waals surface area contributed by atoms with E-state index in [1.54, 1.807) is 19.2 Å². The number of nitrogens with zero attached hydrogens (tertiary/aromatic N) is 2. The van der Waals surface area contributed by atoms with Crippen LogP contribution in [0.4, 0.5) is 5.69 Å². The molecule has 0 saturated carbocycles. The lowest BCUT2D eigenvalue weighted by Crippen LogP contribution is -1.96. The lowest BCUT2D eigenvalue weighted by atomic mass is 10.2. The predicted octanol–water partition coefficient (Wildman–Crippen LogP) is 2.81. The van der Waals surface area contributed by atoms with Crippen molar-refractivity contribution in [3.05, 3.63) is 28.0 Å². The van der Waals surface area contributed by atoms with Crippen LogP contribution in [0, 0.1) is 0 Å². The summed E-state index contributed by atoms with van der Waals surface area (Å²) in [5, 5.41) is 4.64. The van der Waals surface area contributed by atoms with Gasteiger partial charge in [0, 0.05) is 18.6 Å². The third kappa shape index (κ3) is 2.75. The van der Waals surface area contributed by atoms with Crippen molar-refractivity contribution in [2.45, 2.75) is 6.42 Å². The summed E-state index contributed by atoms with van der Waals surface area (Å²) in [6.45, 7) is 0.519. The van der Waals surface area contributed by atoms with Crippen molar-refractivity contribution in [1.82, 2.24) is 10.1 Å². The molecule has 0 fully saturated rings. The number of methoxy groups -OCH3 is 1. The molecule has 2 N–H and O–H groups in total. The van der Waals surface area contributed by atoms with Crippen LogP contribution in [0.3, 0.4) is 0 Å². The van der Waals surface area contributed by atoms with Gasteiger partial charge in [0.1, 0.15) is 0 Å². The average molecular weight is 288 g/mol. The first-order chi connectivity index (χ1) is 8.61. The van der Waals surface area contributed by atoms with E-state index in [2.05, 4.69) is 10.1 Å². The molecule has 0 radical (unpaired) electrons. The topological polar surface area (TPSA) is 74.2 Å². The normalized spacial score (nSPS) is 10.8. The van der Waals surface area contributed by atoms with Gasteiger partial charge < -0.3 is 15.0 Å². The van der Waals surface area contributed by atoms with Crippen LogP contribution in [0.15, 0.2) is 16.7 Å². The number of nitrogens with two attached hydrogens (primary N) is 1. The SMILES string of the molecule is COCCc1noc(-c2cc(Cl)cc(Cl)c2N)n1. The fourth-order valence-electron chi connectivity index (χ4n) is 1.42. The molecule has 0 aliphatic rings. The average Bonchev–Trinajstić information content (AvgIpc) is 2.79. The number of anilines is 1. The van der Waals surface area contributed by atoms with Gasteiger partial charge in [0.15, 0.2) is 5.82 Å². The first-order valence-corrected chi connectivity index (χ1v) is 5.94. The Hall–Kier alpha value is -1.30. The molecule has 2 rings (SSSR count). The minimum atomic E-state index is 0.294. The van der Waals surface area contributed by atoms with Crippen molar-refractivity contribution in [1.29, 1.82) is 0 Å². The lowest BCUT2D eigenvalue weighted by Gasteiger charge is -2.03. The van der Waals surface area contributed by atoms with Gasteiger partial charge in [-0.25, -0.2) is 0 Å². The van der Waals surface area contributed by atoms with Crippen molar-refractivity contribution >= 4 is 28.9 Å². The van der Waals surface area contributed by atoms with Crippen LogP contribution in [0.1, 0.15) is 5.82 Å². The second-order valence-corrected chi connectivity index (χ2v) is 4.45. The van der Waals surface area contributed by atoms with E-state index in [1.165, 1.54) is 0 Å². The summed E-state index contributed by atoms with van der Waals surface area (Å²) in [6, 6.07) is 3.19. The highest BCUT2D eigenvalue weighted by molar-refractivity contribution is 6.37. The summed E-state index contributed by atoms with van der Waals surface area (Å²) in [6.07, 6.45) is 0.564. The molecule has 96 valence electrons. The van der Waals surface area contributed by atoms with Gasteiger partial charge in [-0.1, -0.05) is 28.4 Å². The van der Waals surface area contributed by atoms with Gasteiger partial charge in [-0.2, -0.15) is 4.98 Å². The quantitative estimate of drug-likeness (QED) is 0.876. The molecular formula is C11H11Cl2N3O2. The smallest absolute Gasteiger partial charge is 0.260 e. The maximum absolute atomic E-state index is 5.94. The number of rotatable bonds is 4. The molecule has 18 heavy (non-hydrogen) atoms. The highest BCUT2D eigenvalue weighted by Gasteiger charge is 2.14. The number of halogens is 2. The number of hydrogen-bond acceptors (Lipinski definition) is 5. The molecule has 2 aromatic rings. The maximum Gasteiger partial charge on any atom is 0.260 e. The molecule has 0 saturated heterocycles. The summed E-state index contributed by atoms with van der Waals surface area (Å²) in [4.78, 5) is 4.21. The Bertz CT molecular complexity index is 557. The van der Waals surface area contributed by atoms with E-state index in [9.17, 15) is 0 Å². The van der Waals surface area contributed by atoms with Gasteiger partial charge in [0.2, 0.25) is 0 Å². The minimum Gasteiger partial charge on any atom is -0.397 e. The van der Waals surface area contributed by atoms with Gasteiger partial charge in [-0.15, -0.1) is 0 Å². The zero-order valence-electron chi connectivity index (χ0n) is 9.61. The number of hydrogen-bond donors (Lipinski definition) is 1. The Labute approximate surface area is 114 Å². The molecule has 0 amide bonds. The third-order valence-corrected chi connectivity index (χ3v) is 2.85. The Balaban J connectivity index is 2.34. The lowest BCUT2D eigenvalue weighted by molar-refractivity contribution is 0.199. The monoisotopic (exact) mass is 287 g/mol. The van der Waals surface area contributed by atoms with E-state index in [-0.39, 0.29) is 0 Å². The molecular weight excluding hydrogens is 277 g/mol. The Morgan fingerprint density at radius 3 is 2.89 bits per heavy atom. The zero-order valence-corrected chi connectivity index (χ0v) is 11.1. The first-order valence-electron chi connectivity index (χ1n) is 5.18. The van der Waals surface area contributed by atoms with Gasteiger partial charge >= 0.3 is 0 Å². The van der Waals surface area contributed by atoms with Crippen molar-refractivity contribution in [2.75, 3.05) is 19.5 Å². The highest BCUT2D eigenvalue weighted by atomic mass is 35.5. The zero-order chi connectivity index (χ0) is 13.1. The van der Waals surface area contributed by atoms with E-state index >= 15 is 0 Å². The molecule has 5 nitrogen and oxygen atoms in total. The number of ether oxygens (including phenoxy) is 1. The van der Waals surface area contributed by atoms with Gasteiger partial charge in [-0.05, 0) is 12.1 Å². The minimum absolute atomic E-state index is 0.294. The Morgan fingerprint density at radius 1 is 1.39 bits per heavy atom. The summed E-state index contributed by atoms with van der Waals surface area (Å²) >= 11 is 11.9. The summed E-state index contributed by atoms with van der Waals surface area (Å²) < 4.78 is 10.1. The molecule has 0 aliphatic heterocycles. The van der Waals surface area contributed by atoms with E-state index in [0.29, 0.717) is 46.0 Å². The van der Waals surface area contributed by atoms with Gasteiger partial charge in [-0.3, -0.25) is 0 Å². The van der Waals surface area contributed by atoms with Gasteiger partial charge in [0.25, 0.3) is 5.89 Å². The van der Waals surface area contributed by atoms with E-state index in [1.807, 2.05) is 0 Å². The first kappa shape index (κ1) is 13.1. The summed E-state index contributed by atoms with van der Waals surface area (Å²) in [5.74, 6) is 0.838.